The van der Waals surface area contributed by atoms with Gasteiger partial charge in [-0.05, 0) is 99.3 Å². The first-order valence-electron chi connectivity index (χ1n) is 18.6. The van der Waals surface area contributed by atoms with E-state index in [1.165, 1.54) is 12.2 Å². The number of fused-ring (bicyclic) bond motifs is 4. The van der Waals surface area contributed by atoms with E-state index >= 15 is 0 Å². The van der Waals surface area contributed by atoms with Crippen LogP contribution >= 0.6 is 0 Å². The number of phenols is 4. The fourth-order valence-corrected chi connectivity index (χ4v) is 7.43. The van der Waals surface area contributed by atoms with Gasteiger partial charge in [-0.1, -0.05) is 60.8 Å². The summed E-state index contributed by atoms with van der Waals surface area (Å²) in [6.45, 7) is 3.59. The Balaban J connectivity index is 1.23. The van der Waals surface area contributed by atoms with Crippen LogP contribution in [0, 0.1) is 23.7 Å². The lowest BCUT2D eigenvalue weighted by atomic mass is 9.93. The van der Waals surface area contributed by atoms with Crippen LogP contribution in [0.4, 0.5) is 0 Å². The minimum Gasteiger partial charge on any atom is -0.507 e. The van der Waals surface area contributed by atoms with Crippen LogP contribution in [0.3, 0.4) is 0 Å². The van der Waals surface area contributed by atoms with E-state index in [9.17, 15) is 39.6 Å². The zero-order valence-electron chi connectivity index (χ0n) is 30.4. The predicted octanol–water partition coefficient (Wildman–Crippen LogP) is 7.63. The molecule has 2 aromatic rings. The quantitative estimate of drug-likeness (QED) is 0.177. The molecule has 0 aromatic heterocycles. The summed E-state index contributed by atoms with van der Waals surface area (Å²) in [6, 6.07) is 2.13. The average Bonchev–Trinajstić information content (AvgIpc) is 4.01. The summed E-state index contributed by atoms with van der Waals surface area (Å²) in [6.07, 6.45) is 23.2. The number of aromatic hydroxyl groups is 4. The first-order chi connectivity index (χ1) is 25.9. The molecule has 6 atom stereocenters. The summed E-state index contributed by atoms with van der Waals surface area (Å²) >= 11 is 0. The number of carbonyl (C=O) groups excluding carboxylic acids is 4. The highest BCUT2D eigenvalue weighted by molar-refractivity contribution is 6.01. The number of hydrogen-bond acceptors (Lipinski definition) is 10. The molecule has 54 heavy (non-hydrogen) atoms. The van der Waals surface area contributed by atoms with E-state index in [1.54, 1.807) is 50.3 Å². The highest BCUT2D eigenvalue weighted by Crippen LogP contribution is 2.45. The van der Waals surface area contributed by atoms with Gasteiger partial charge in [-0.15, -0.1) is 0 Å². The molecule has 2 aliphatic heterocycles. The van der Waals surface area contributed by atoms with Gasteiger partial charge in [-0.25, -0.2) is 9.59 Å². The van der Waals surface area contributed by atoms with E-state index in [-0.39, 0.29) is 69.3 Å². The standard InChI is InChI=1S/C44H46O10/c1-25-17-29-19-27(29)11-7-9-13-31(45)21-35-33(37(47)23-39(49)41(35)43(51)53-25)15-5-3-4-6-16-34-36-22-32(46)14-10-8-12-28-20-30(28)18-26(2)54-44(52)42(36)40(50)24-38(34)48/h5-16,23-30,47-50H,3-4,17-22H2,1-2H3/b11-7-,12-8-,13-9+,14-10+,15-5+,16-6+/t25-,26-,27+,28+,29+,30+/m1/s1. The lowest BCUT2D eigenvalue weighted by molar-refractivity contribution is -0.114. The van der Waals surface area contributed by atoms with Crippen molar-refractivity contribution in [3.8, 4) is 23.0 Å². The van der Waals surface area contributed by atoms with Crippen LogP contribution in [-0.4, -0.2) is 56.1 Å². The molecule has 2 aromatic carbocycles. The molecule has 0 bridgehead atoms. The van der Waals surface area contributed by atoms with E-state index < -0.39 is 35.6 Å². The third kappa shape index (κ3) is 9.28. The van der Waals surface area contributed by atoms with Gasteiger partial charge in [0.2, 0.25) is 0 Å². The number of allylic oxidation sites excluding steroid dienone is 10. The second kappa shape index (κ2) is 16.6. The molecule has 6 rings (SSSR count). The maximum absolute atomic E-state index is 13.4. The fourth-order valence-electron chi connectivity index (χ4n) is 7.43. The van der Waals surface area contributed by atoms with Crippen molar-refractivity contribution in [3.63, 3.8) is 0 Å². The van der Waals surface area contributed by atoms with Gasteiger partial charge < -0.3 is 29.9 Å². The van der Waals surface area contributed by atoms with E-state index in [4.69, 9.17) is 9.47 Å². The minimum atomic E-state index is -0.776. The summed E-state index contributed by atoms with van der Waals surface area (Å²) in [7, 11) is 0. The number of esters is 2. The molecule has 2 aliphatic carbocycles. The number of rotatable bonds is 5. The van der Waals surface area contributed by atoms with Gasteiger partial charge in [0.1, 0.15) is 34.1 Å². The van der Waals surface area contributed by atoms with Gasteiger partial charge in [-0.3, -0.25) is 9.59 Å². The number of unbranched alkanes of at least 4 members (excludes halogenated alkanes) is 1. The molecule has 2 heterocycles. The van der Waals surface area contributed by atoms with Crippen LogP contribution in [0.25, 0.3) is 12.2 Å². The minimum absolute atomic E-state index is 0.140. The Morgan fingerprint density at radius 2 is 1.00 bits per heavy atom. The van der Waals surface area contributed by atoms with Gasteiger partial charge >= 0.3 is 11.9 Å². The van der Waals surface area contributed by atoms with Gasteiger partial charge in [0.25, 0.3) is 0 Å². The van der Waals surface area contributed by atoms with Crippen molar-refractivity contribution in [3.05, 3.63) is 106 Å². The summed E-state index contributed by atoms with van der Waals surface area (Å²) < 4.78 is 11.4. The Morgan fingerprint density at radius 1 is 0.593 bits per heavy atom. The molecular weight excluding hydrogens is 688 g/mol. The Hall–Kier alpha value is -5.64. The molecule has 282 valence electrons. The lowest BCUT2D eigenvalue weighted by Crippen LogP contribution is -2.19. The largest absolute Gasteiger partial charge is 0.507 e. The zero-order chi connectivity index (χ0) is 38.5. The normalized spacial score (nSPS) is 28.3. The number of cyclic esters (lactones) is 2. The average molecular weight is 735 g/mol. The molecule has 4 aliphatic rings. The number of ether oxygens (including phenoxy) is 2. The Labute approximate surface area is 314 Å². The number of benzene rings is 2. The third-order valence-corrected chi connectivity index (χ3v) is 10.4. The van der Waals surface area contributed by atoms with E-state index in [0.29, 0.717) is 49.4 Å². The summed E-state index contributed by atoms with van der Waals surface area (Å²) in [5, 5.41) is 43.3. The molecule has 0 unspecified atom stereocenters. The maximum atomic E-state index is 13.4. The van der Waals surface area contributed by atoms with Crippen molar-refractivity contribution >= 4 is 35.7 Å². The topological polar surface area (TPSA) is 168 Å². The Kier molecular flexibility index (Phi) is 11.7. The second-order valence-corrected chi connectivity index (χ2v) is 14.7. The monoisotopic (exact) mass is 734 g/mol. The fraction of sp³-hybridized carbons (Fsp3) is 0.364. The number of carbonyl (C=O) groups is 4. The van der Waals surface area contributed by atoms with Crippen LogP contribution in [-0.2, 0) is 31.9 Å². The Bertz CT molecular complexity index is 1870. The predicted molar refractivity (Wildman–Crippen MR) is 203 cm³/mol. The van der Waals surface area contributed by atoms with Gasteiger partial charge in [0.05, 0.1) is 12.2 Å². The van der Waals surface area contributed by atoms with Gasteiger partial charge in [-0.2, -0.15) is 0 Å². The van der Waals surface area contributed by atoms with E-state index in [0.717, 1.165) is 25.0 Å². The number of phenolic OH excluding ortho intramolecular Hbond substituents is 4. The molecular formula is C44H46O10. The molecule has 2 saturated carbocycles. The smallest absolute Gasteiger partial charge is 0.342 e. The molecule has 2 fully saturated rings. The molecule has 0 spiro atoms. The molecule has 0 saturated heterocycles. The van der Waals surface area contributed by atoms with Crippen LogP contribution in [0.15, 0.2) is 72.9 Å². The van der Waals surface area contributed by atoms with Crippen molar-refractivity contribution < 1.29 is 49.1 Å². The van der Waals surface area contributed by atoms with E-state index in [1.807, 2.05) is 24.3 Å². The first kappa shape index (κ1) is 38.1. The number of hydrogen-bond donors (Lipinski definition) is 4. The van der Waals surface area contributed by atoms with E-state index in [2.05, 4.69) is 0 Å². The van der Waals surface area contributed by atoms with Gasteiger partial charge in [0.15, 0.2) is 11.6 Å². The molecule has 0 amide bonds. The summed E-state index contributed by atoms with van der Waals surface area (Å²) in [4.78, 5) is 52.7. The maximum Gasteiger partial charge on any atom is 0.342 e. The van der Waals surface area contributed by atoms with Crippen LogP contribution in [0.2, 0.25) is 0 Å². The van der Waals surface area contributed by atoms with Crippen LogP contribution < -0.4 is 0 Å². The van der Waals surface area contributed by atoms with Crippen LogP contribution in [0.5, 0.6) is 23.0 Å². The van der Waals surface area contributed by atoms with Crippen molar-refractivity contribution in [1.82, 2.24) is 0 Å². The lowest BCUT2D eigenvalue weighted by Gasteiger charge is -2.18. The van der Waals surface area contributed by atoms with Crippen molar-refractivity contribution in [2.45, 2.75) is 77.4 Å². The zero-order valence-corrected chi connectivity index (χ0v) is 30.4. The molecule has 0 radical (unpaired) electrons. The first-order valence-corrected chi connectivity index (χ1v) is 18.6. The number of ketones is 2. The molecule has 10 nitrogen and oxygen atoms in total. The van der Waals surface area contributed by atoms with Crippen LogP contribution in [0.1, 0.15) is 95.3 Å². The van der Waals surface area contributed by atoms with Gasteiger partial charge in [0, 0.05) is 36.1 Å². The van der Waals surface area contributed by atoms with Crippen molar-refractivity contribution in [2.75, 3.05) is 0 Å². The van der Waals surface area contributed by atoms with Crippen molar-refractivity contribution in [1.29, 1.82) is 0 Å². The summed E-state index contributed by atoms with van der Waals surface area (Å²) in [5.41, 5.74) is 0.319. The molecule has 4 N–H and O–H groups in total. The second-order valence-electron chi connectivity index (χ2n) is 14.7. The van der Waals surface area contributed by atoms with Crippen molar-refractivity contribution in [2.24, 2.45) is 23.7 Å². The highest BCUT2D eigenvalue weighted by atomic mass is 16.5. The highest BCUT2D eigenvalue weighted by Gasteiger charge is 2.38. The summed E-state index contributed by atoms with van der Waals surface area (Å²) in [5.74, 6) is -2.34. The molecule has 10 heteroatoms. The SMILES string of the molecule is C[C@@H]1C[C@H]2C[C@@H]2/C=C\C=C\C(=O)Cc2c(/C=C/CC/C=C/c3c(O)cc(O)c4c3CC(=O)/C=C/C=C\[C@H]3C[C@@H]3C[C@@H](C)OC4=O)c(O)cc(O)c2C(=O)O1. The third-order valence-electron chi connectivity index (χ3n) is 10.4. The Morgan fingerprint density at radius 3 is 1.41 bits per heavy atom.